The molecule has 0 aliphatic carbocycles. The van der Waals surface area contributed by atoms with E-state index < -0.39 is 0 Å². The van der Waals surface area contributed by atoms with Crippen molar-refractivity contribution in [2.75, 3.05) is 6.54 Å². The number of aryl methyl sites for hydroxylation is 1. The van der Waals surface area contributed by atoms with Crippen LogP contribution in [0.15, 0.2) is 18.2 Å². The second-order valence-corrected chi connectivity index (χ2v) is 5.75. The highest BCUT2D eigenvalue weighted by molar-refractivity contribution is 7.14. The highest BCUT2D eigenvalue weighted by Gasteiger charge is 2.21. The van der Waals surface area contributed by atoms with E-state index in [1.54, 1.807) is 12.1 Å². The van der Waals surface area contributed by atoms with E-state index >= 15 is 0 Å². The number of rotatable bonds is 6. The van der Waals surface area contributed by atoms with Gasteiger partial charge in [0.1, 0.15) is 5.01 Å². The van der Waals surface area contributed by atoms with Crippen LogP contribution in [0.1, 0.15) is 36.9 Å². The van der Waals surface area contributed by atoms with E-state index in [2.05, 4.69) is 22.4 Å². The van der Waals surface area contributed by atoms with Gasteiger partial charge in [0.2, 0.25) is 0 Å². The number of nitro benzene ring substituents is 1. The van der Waals surface area contributed by atoms with Crippen molar-refractivity contribution < 1.29 is 4.92 Å². The molecule has 1 N–H and O–H groups in total. The van der Waals surface area contributed by atoms with Crippen molar-refractivity contribution in [2.45, 2.75) is 33.2 Å². The highest BCUT2D eigenvalue weighted by Crippen LogP contribution is 2.34. The maximum atomic E-state index is 11.2. The Hall–Kier alpha value is -1.86. The second-order valence-electron chi connectivity index (χ2n) is 4.74. The van der Waals surface area contributed by atoms with Gasteiger partial charge in [-0.3, -0.25) is 10.1 Å². The first-order chi connectivity index (χ1) is 10.1. The Morgan fingerprint density at radius 2 is 2.14 bits per heavy atom. The standard InChI is InChI=1S/C14H18N4O2S/c1-4-11(15-5-2)14-17-16-13(21-14)10-8-9(3)6-7-12(10)18(19)20/h6-8,11,15H,4-5H2,1-3H3. The summed E-state index contributed by atoms with van der Waals surface area (Å²) in [4.78, 5) is 10.8. The lowest BCUT2D eigenvalue weighted by Gasteiger charge is -2.10. The lowest BCUT2D eigenvalue weighted by atomic mass is 10.1. The average molecular weight is 306 g/mol. The van der Waals surface area contributed by atoms with Gasteiger partial charge in [0.15, 0.2) is 5.01 Å². The summed E-state index contributed by atoms with van der Waals surface area (Å²) in [6.45, 7) is 6.86. The van der Waals surface area contributed by atoms with Crippen LogP contribution in [0.2, 0.25) is 0 Å². The Labute approximate surface area is 127 Å². The maximum absolute atomic E-state index is 11.2. The zero-order valence-electron chi connectivity index (χ0n) is 12.3. The quantitative estimate of drug-likeness (QED) is 0.652. The van der Waals surface area contributed by atoms with Crippen molar-refractivity contribution in [3.8, 4) is 10.6 Å². The number of nitrogens with zero attached hydrogens (tertiary/aromatic N) is 3. The molecule has 0 bridgehead atoms. The molecule has 0 aliphatic rings. The topological polar surface area (TPSA) is 81.0 Å². The molecule has 6 nitrogen and oxygen atoms in total. The van der Waals surface area contributed by atoms with Gasteiger partial charge in [-0.25, -0.2) is 0 Å². The van der Waals surface area contributed by atoms with Gasteiger partial charge in [0.25, 0.3) is 5.69 Å². The van der Waals surface area contributed by atoms with Crippen LogP contribution in [0.5, 0.6) is 0 Å². The summed E-state index contributed by atoms with van der Waals surface area (Å²) in [7, 11) is 0. The van der Waals surface area contributed by atoms with Crippen LogP contribution in [0.3, 0.4) is 0 Å². The Kier molecular flexibility index (Phi) is 4.98. The fourth-order valence-corrected chi connectivity index (χ4v) is 3.14. The first kappa shape index (κ1) is 15.5. The smallest absolute Gasteiger partial charge is 0.279 e. The predicted octanol–water partition coefficient (Wildman–Crippen LogP) is 3.48. The van der Waals surface area contributed by atoms with E-state index in [4.69, 9.17) is 0 Å². The minimum Gasteiger partial charge on any atom is -0.308 e. The summed E-state index contributed by atoms with van der Waals surface area (Å²) in [5, 5.41) is 24.3. The zero-order chi connectivity index (χ0) is 15.4. The molecule has 1 unspecified atom stereocenters. The van der Waals surface area contributed by atoms with Gasteiger partial charge >= 0.3 is 0 Å². The van der Waals surface area contributed by atoms with Gasteiger partial charge in [0, 0.05) is 6.07 Å². The molecule has 2 rings (SSSR count). The van der Waals surface area contributed by atoms with Crippen molar-refractivity contribution in [2.24, 2.45) is 0 Å². The summed E-state index contributed by atoms with van der Waals surface area (Å²) in [6.07, 6.45) is 0.901. The maximum Gasteiger partial charge on any atom is 0.279 e. The average Bonchev–Trinajstić information content (AvgIpc) is 2.93. The predicted molar refractivity (Wildman–Crippen MR) is 83.4 cm³/mol. The number of benzene rings is 1. The normalized spacial score (nSPS) is 12.3. The Morgan fingerprint density at radius 1 is 1.38 bits per heavy atom. The molecule has 112 valence electrons. The summed E-state index contributed by atoms with van der Waals surface area (Å²) < 4.78 is 0. The molecule has 0 saturated carbocycles. The largest absolute Gasteiger partial charge is 0.308 e. The van der Waals surface area contributed by atoms with Crippen LogP contribution in [-0.2, 0) is 0 Å². The van der Waals surface area contributed by atoms with Gasteiger partial charge in [-0.15, -0.1) is 10.2 Å². The van der Waals surface area contributed by atoms with Crippen molar-refractivity contribution in [3.05, 3.63) is 38.9 Å². The van der Waals surface area contributed by atoms with Crippen LogP contribution in [0.25, 0.3) is 10.6 Å². The van der Waals surface area contributed by atoms with Gasteiger partial charge in [0.05, 0.1) is 16.5 Å². The number of hydrogen-bond donors (Lipinski definition) is 1. The third-order valence-corrected chi connectivity index (χ3v) is 4.25. The number of nitrogens with one attached hydrogen (secondary N) is 1. The molecule has 1 aromatic heterocycles. The van der Waals surface area contributed by atoms with Gasteiger partial charge < -0.3 is 5.32 Å². The summed E-state index contributed by atoms with van der Waals surface area (Å²) >= 11 is 1.41. The molecular weight excluding hydrogens is 288 g/mol. The van der Waals surface area contributed by atoms with Gasteiger partial charge in [-0.05, 0) is 31.5 Å². The first-order valence-electron chi connectivity index (χ1n) is 6.89. The van der Waals surface area contributed by atoms with Crippen LogP contribution in [-0.4, -0.2) is 21.7 Å². The lowest BCUT2D eigenvalue weighted by molar-refractivity contribution is -0.384. The molecule has 1 aromatic carbocycles. The van der Waals surface area contributed by atoms with Crippen LogP contribution < -0.4 is 5.32 Å². The molecule has 0 fully saturated rings. The summed E-state index contributed by atoms with van der Waals surface area (Å²) in [5.41, 5.74) is 1.57. The molecular formula is C14H18N4O2S. The SMILES string of the molecule is CCNC(CC)c1nnc(-c2cc(C)ccc2[N+](=O)[O-])s1. The Bertz CT molecular complexity index is 642. The fraction of sp³-hybridized carbons (Fsp3) is 0.429. The monoisotopic (exact) mass is 306 g/mol. The van der Waals surface area contributed by atoms with Crippen LogP contribution in [0.4, 0.5) is 5.69 Å². The molecule has 1 atom stereocenters. The van der Waals surface area contributed by atoms with E-state index in [1.165, 1.54) is 17.4 Å². The van der Waals surface area contributed by atoms with E-state index in [-0.39, 0.29) is 16.7 Å². The minimum atomic E-state index is -0.378. The molecule has 1 heterocycles. The van der Waals surface area contributed by atoms with E-state index in [0.717, 1.165) is 23.5 Å². The second kappa shape index (κ2) is 6.73. The third-order valence-electron chi connectivity index (χ3n) is 3.18. The summed E-state index contributed by atoms with van der Waals surface area (Å²) in [5.74, 6) is 0. The van der Waals surface area contributed by atoms with Crippen LogP contribution >= 0.6 is 11.3 Å². The van der Waals surface area contributed by atoms with Gasteiger partial charge in [-0.1, -0.05) is 31.3 Å². The number of aromatic nitrogens is 2. The molecule has 21 heavy (non-hydrogen) atoms. The molecule has 0 spiro atoms. The van der Waals surface area contributed by atoms with Crippen molar-refractivity contribution in [3.63, 3.8) is 0 Å². The lowest BCUT2D eigenvalue weighted by Crippen LogP contribution is -2.19. The Balaban J connectivity index is 2.41. The first-order valence-corrected chi connectivity index (χ1v) is 7.70. The van der Waals surface area contributed by atoms with Crippen LogP contribution in [0, 0.1) is 17.0 Å². The molecule has 0 aliphatic heterocycles. The van der Waals surface area contributed by atoms with E-state index in [0.29, 0.717) is 10.6 Å². The molecule has 2 aromatic rings. The third kappa shape index (κ3) is 3.43. The van der Waals surface area contributed by atoms with E-state index in [9.17, 15) is 10.1 Å². The van der Waals surface area contributed by atoms with Crippen molar-refractivity contribution >= 4 is 17.0 Å². The summed E-state index contributed by atoms with van der Waals surface area (Å²) in [6, 6.07) is 5.19. The van der Waals surface area contributed by atoms with Crippen molar-refractivity contribution in [1.29, 1.82) is 0 Å². The molecule has 7 heteroatoms. The van der Waals surface area contributed by atoms with Gasteiger partial charge in [-0.2, -0.15) is 0 Å². The van der Waals surface area contributed by atoms with Crippen molar-refractivity contribution in [1.82, 2.24) is 15.5 Å². The Morgan fingerprint density at radius 3 is 2.76 bits per heavy atom. The van der Waals surface area contributed by atoms with E-state index in [1.807, 2.05) is 13.8 Å². The molecule has 0 saturated heterocycles. The zero-order valence-corrected chi connectivity index (χ0v) is 13.1. The molecule has 0 radical (unpaired) electrons. The number of hydrogen-bond acceptors (Lipinski definition) is 6. The highest BCUT2D eigenvalue weighted by atomic mass is 32.1. The fourth-order valence-electron chi connectivity index (χ4n) is 2.12. The molecule has 0 amide bonds. The number of nitro groups is 1. The minimum absolute atomic E-state index is 0.0693.